The fourth-order valence-electron chi connectivity index (χ4n) is 4.23. The van der Waals surface area contributed by atoms with Crippen molar-refractivity contribution in [3.05, 3.63) is 18.3 Å². The summed E-state index contributed by atoms with van der Waals surface area (Å²) in [5.74, 6) is -0.526. The molecule has 3 saturated heterocycles. The van der Waals surface area contributed by atoms with Gasteiger partial charge in [0.1, 0.15) is 5.82 Å². The van der Waals surface area contributed by atoms with Crippen molar-refractivity contribution >= 4 is 17.6 Å². The molecule has 2 N–H and O–H groups in total. The first-order valence-electron chi connectivity index (χ1n) is 9.98. The molecule has 0 aliphatic carbocycles. The molecule has 2 aromatic heterocycles. The highest BCUT2D eigenvalue weighted by Gasteiger charge is 2.41. The fraction of sp³-hybridized carbons (Fsp3) is 0.526. The van der Waals surface area contributed by atoms with E-state index in [2.05, 4.69) is 19.7 Å². The van der Waals surface area contributed by atoms with Gasteiger partial charge in [-0.2, -0.15) is 4.98 Å². The van der Waals surface area contributed by atoms with Crippen LogP contribution in [0.2, 0.25) is 0 Å². The summed E-state index contributed by atoms with van der Waals surface area (Å²) in [5.41, 5.74) is 5.94. The molecule has 0 unspecified atom stereocenters. The first-order chi connectivity index (χ1) is 15.2. The predicted octanol–water partition coefficient (Wildman–Crippen LogP) is 2.49. The number of nitrogens with zero attached hydrogens (tertiary/aromatic N) is 5. The molecule has 0 aromatic carbocycles. The Balaban J connectivity index is 1.55. The SMILES string of the molecule is Nc1ncc(-c2cc(N3C[C@@H]4C[C@H]3CO4)nc(N3C[C@@H](F)[C@@H](F)C3)n2)cc1OC(F)(F)F. The zero-order valence-corrected chi connectivity index (χ0v) is 16.6. The number of rotatable bonds is 4. The van der Waals surface area contributed by atoms with Crippen molar-refractivity contribution in [3.63, 3.8) is 0 Å². The van der Waals surface area contributed by atoms with Crippen LogP contribution in [0, 0.1) is 0 Å². The van der Waals surface area contributed by atoms with Gasteiger partial charge in [-0.25, -0.2) is 18.7 Å². The molecule has 32 heavy (non-hydrogen) atoms. The largest absolute Gasteiger partial charge is 0.573 e. The molecule has 3 fully saturated rings. The molecule has 0 saturated carbocycles. The van der Waals surface area contributed by atoms with E-state index in [1.54, 1.807) is 6.07 Å². The molecule has 5 heterocycles. The molecule has 0 spiro atoms. The molecule has 3 aliphatic rings. The average molecular weight is 458 g/mol. The number of nitrogen functional groups attached to an aromatic ring is 1. The van der Waals surface area contributed by atoms with Gasteiger partial charge in [0.15, 0.2) is 23.9 Å². The molecule has 0 amide bonds. The van der Waals surface area contributed by atoms with Gasteiger partial charge in [-0.15, -0.1) is 13.2 Å². The van der Waals surface area contributed by atoms with Crippen LogP contribution >= 0.6 is 0 Å². The first-order valence-corrected chi connectivity index (χ1v) is 9.98. The van der Waals surface area contributed by atoms with Gasteiger partial charge in [-0.1, -0.05) is 0 Å². The van der Waals surface area contributed by atoms with Gasteiger partial charge in [0.25, 0.3) is 0 Å². The highest BCUT2D eigenvalue weighted by molar-refractivity contribution is 5.68. The van der Waals surface area contributed by atoms with E-state index >= 15 is 0 Å². The van der Waals surface area contributed by atoms with Crippen LogP contribution in [-0.4, -0.2) is 72.0 Å². The van der Waals surface area contributed by atoms with Gasteiger partial charge in [0, 0.05) is 24.4 Å². The maximum Gasteiger partial charge on any atom is 0.573 e. The Morgan fingerprint density at radius 1 is 1.09 bits per heavy atom. The Hall–Kier alpha value is -2.96. The topological polar surface area (TPSA) is 89.6 Å². The third-order valence-electron chi connectivity index (χ3n) is 5.76. The Labute approximate surface area is 179 Å². The number of anilines is 3. The lowest BCUT2D eigenvalue weighted by Crippen LogP contribution is -2.38. The van der Waals surface area contributed by atoms with Gasteiger partial charge in [-0.05, 0) is 12.5 Å². The van der Waals surface area contributed by atoms with E-state index < -0.39 is 30.3 Å². The van der Waals surface area contributed by atoms with E-state index in [-0.39, 0.29) is 42.4 Å². The zero-order valence-electron chi connectivity index (χ0n) is 16.6. The maximum atomic E-state index is 13.8. The lowest BCUT2D eigenvalue weighted by Gasteiger charge is -2.29. The minimum atomic E-state index is -4.95. The van der Waals surface area contributed by atoms with Crippen LogP contribution in [0.15, 0.2) is 18.3 Å². The highest BCUT2D eigenvalue weighted by atomic mass is 19.4. The van der Waals surface area contributed by atoms with Crippen molar-refractivity contribution in [2.45, 2.75) is 37.3 Å². The van der Waals surface area contributed by atoms with Crippen LogP contribution in [0.25, 0.3) is 11.3 Å². The van der Waals surface area contributed by atoms with Crippen molar-refractivity contribution in [2.24, 2.45) is 0 Å². The second-order valence-electron chi connectivity index (χ2n) is 8.00. The monoisotopic (exact) mass is 458 g/mol. The second kappa shape index (κ2) is 7.57. The van der Waals surface area contributed by atoms with Crippen LogP contribution in [0.3, 0.4) is 0 Å². The molecule has 3 aliphatic heterocycles. The molecule has 5 rings (SSSR count). The molecule has 4 atom stereocenters. The predicted molar refractivity (Wildman–Crippen MR) is 104 cm³/mol. The Morgan fingerprint density at radius 3 is 2.47 bits per heavy atom. The lowest BCUT2D eigenvalue weighted by atomic mass is 10.2. The van der Waals surface area contributed by atoms with Gasteiger partial charge in [0.2, 0.25) is 5.95 Å². The standard InChI is InChI=1S/C19H19F5N6O2/c20-12-6-29(7-13(12)21)18-27-14(3-16(28-18)30-5-11-2-10(30)8-31-11)9-1-15(17(25)26-4-9)32-19(22,23)24/h1,3-4,10-13H,2,5-8H2,(H2,25,26)/t10-,11-,12-,13+/m0/s1. The van der Waals surface area contributed by atoms with Crippen LogP contribution < -0.4 is 20.3 Å². The average Bonchev–Trinajstić information content (AvgIpc) is 3.45. The van der Waals surface area contributed by atoms with Gasteiger partial charge in [0.05, 0.1) is 37.5 Å². The van der Waals surface area contributed by atoms with Crippen molar-refractivity contribution in [1.29, 1.82) is 0 Å². The molecular weight excluding hydrogens is 439 g/mol. The highest BCUT2D eigenvalue weighted by Crippen LogP contribution is 2.36. The summed E-state index contributed by atoms with van der Waals surface area (Å²) >= 11 is 0. The number of hydrogen-bond acceptors (Lipinski definition) is 8. The summed E-state index contributed by atoms with van der Waals surface area (Å²) in [5, 5.41) is 0. The normalized spacial score (nSPS) is 27.4. The van der Waals surface area contributed by atoms with E-state index in [1.165, 1.54) is 11.1 Å². The van der Waals surface area contributed by atoms with Crippen LogP contribution in [0.5, 0.6) is 5.75 Å². The number of halogens is 5. The van der Waals surface area contributed by atoms with E-state index in [1.807, 2.05) is 4.90 Å². The van der Waals surface area contributed by atoms with Crippen molar-refractivity contribution < 1.29 is 31.4 Å². The van der Waals surface area contributed by atoms with E-state index in [0.29, 0.717) is 19.0 Å². The number of alkyl halides is 5. The van der Waals surface area contributed by atoms with Gasteiger partial charge in [-0.3, -0.25) is 0 Å². The van der Waals surface area contributed by atoms with E-state index in [0.717, 1.165) is 12.5 Å². The number of hydrogen-bond donors (Lipinski definition) is 1. The minimum Gasteiger partial charge on any atom is -0.402 e. The lowest BCUT2D eigenvalue weighted by molar-refractivity contribution is -0.274. The smallest absolute Gasteiger partial charge is 0.402 e. The summed E-state index contributed by atoms with van der Waals surface area (Å²) in [6.45, 7) is 0.666. The minimum absolute atomic E-state index is 0.0593. The number of morpholine rings is 1. The molecule has 0 radical (unpaired) electrons. The molecular formula is C19H19F5N6O2. The summed E-state index contributed by atoms with van der Waals surface area (Å²) in [4.78, 5) is 16.0. The summed E-state index contributed by atoms with van der Waals surface area (Å²) in [7, 11) is 0. The molecule has 172 valence electrons. The third-order valence-corrected chi connectivity index (χ3v) is 5.76. The summed E-state index contributed by atoms with van der Waals surface area (Å²) < 4.78 is 75.4. The van der Waals surface area contributed by atoms with Gasteiger partial charge < -0.3 is 25.0 Å². The fourth-order valence-corrected chi connectivity index (χ4v) is 4.23. The Morgan fingerprint density at radius 2 is 1.84 bits per heavy atom. The molecule has 13 heteroatoms. The Bertz CT molecular complexity index is 1010. The van der Waals surface area contributed by atoms with Crippen LogP contribution in [-0.2, 0) is 4.74 Å². The van der Waals surface area contributed by atoms with E-state index in [9.17, 15) is 22.0 Å². The number of pyridine rings is 1. The maximum absolute atomic E-state index is 13.8. The number of nitrogens with two attached hydrogens (primary N) is 1. The summed E-state index contributed by atoms with van der Waals surface area (Å²) in [6.07, 6.45) is -6.16. The number of fused-ring (bicyclic) bond motifs is 2. The van der Waals surface area contributed by atoms with Gasteiger partial charge >= 0.3 is 6.36 Å². The van der Waals surface area contributed by atoms with Crippen LogP contribution in [0.4, 0.5) is 39.5 Å². The number of aromatic nitrogens is 3. The molecule has 2 aromatic rings. The van der Waals surface area contributed by atoms with Crippen LogP contribution in [0.1, 0.15) is 6.42 Å². The third kappa shape index (κ3) is 3.96. The van der Waals surface area contributed by atoms with Crippen molar-refractivity contribution in [2.75, 3.05) is 41.8 Å². The summed E-state index contributed by atoms with van der Waals surface area (Å²) in [6, 6.07) is 2.76. The first kappa shape index (κ1) is 20.9. The molecule has 2 bridgehead atoms. The zero-order chi connectivity index (χ0) is 22.6. The van der Waals surface area contributed by atoms with Crippen molar-refractivity contribution in [3.8, 4) is 17.0 Å². The Kier molecular flexibility index (Phi) is 4.95. The van der Waals surface area contributed by atoms with Crippen molar-refractivity contribution in [1.82, 2.24) is 15.0 Å². The van der Waals surface area contributed by atoms with E-state index in [4.69, 9.17) is 10.5 Å². The quantitative estimate of drug-likeness (QED) is 0.700. The molecule has 8 nitrogen and oxygen atoms in total. The second-order valence-corrected chi connectivity index (χ2v) is 8.00. The number of ether oxygens (including phenoxy) is 2.